The Labute approximate surface area is 121 Å². The van der Waals surface area contributed by atoms with Crippen LogP contribution >= 0.6 is 0 Å². The van der Waals surface area contributed by atoms with Crippen LogP contribution in [-0.4, -0.2) is 13.1 Å². The van der Waals surface area contributed by atoms with Crippen LogP contribution in [0, 0.1) is 0 Å². The van der Waals surface area contributed by atoms with Crippen molar-refractivity contribution >= 4 is 0 Å². The Hall–Kier alpha value is -1.64. The minimum atomic E-state index is 0.607. The van der Waals surface area contributed by atoms with E-state index in [2.05, 4.69) is 53.8 Å². The lowest BCUT2D eigenvalue weighted by atomic mass is 9.88. The molecule has 2 aromatic rings. The third-order valence-corrected chi connectivity index (χ3v) is 4.22. The fourth-order valence-corrected chi connectivity index (χ4v) is 2.96. The second-order valence-electron chi connectivity index (χ2n) is 5.55. The second-order valence-corrected chi connectivity index (χ2v) is 5.55. The third kappa shape index (κ3) is 2.92. The van der Waals surface area contributed by atoms with Crippen molar-refractivity contribution in [1.29, 1.82) is 0 Å². The van der Waals surface area contributed by atoms with Crippen LogP contribution in [0.15, 0.2) is 48.5 Å². The molecule has 0 atom stereocenters. The minimum Gasteiger partial charge on any atom is -0.326 e. The monoisotopic (exact) mass is 266 g/mol. The van der Waals surface area contributed by atoms with Gasteiger partial charge in [-0.1, -0.05) is 48.5 Å². The smallest absolute Gasteiger partial charge is 0.0178 e. The van der Waals surface area contributed by atoms with E-state index >= 15 is 0 Å². The van der Waals surface area contributed by atoms with Gasteiger partial charge in [-0.2, -0.15) is 0 Å². The van der Waals surface area contributed by atoms with Gasteiger partial charge in [-0.3, -0.25) is 0 Å². The molecule has 0 radical (unpaired) electrons. The number of piperidine rings is 1. The van der Waals surface area contributed by atoms with Crippen LogP contribution in [0.5, 0.6) is 0 Å². The lowest BCUT2D eigenvalue weighted by molar-refractivity contribution is 0.460. The molecule has 104 valence electrons. The van der Waals surface area contributed by atoms with Crippen molar-refractivity contribution in [1.82, 2.24) is 5.32 Å². The van der Waals surface area contributed by atoms with Gasteiger partial charge in [0.15, 0.2) is 0 Å². The summed E-state index contributed by atoms with van der Waals surface area (Å²) in [4.78, 5) is 0. The number of nitrogens with one attached hydrogen (secondary N) is 1. The fraction of sp³-hybridized carbons (Fsp3) is 0.333. The maximum Gasteiger partial charge on any atom is 0.0178 e. The summed E-state index contributed by atoms with van der Waals surface area (Å²) in [6.45, 7) is 2.88. The van der Waals surface area contributed by atoms with Gasteiger partial charge in [-0.25, -0.2) is 0 Å². The standard InChI is InChI=1S/C18H22N2/c19-13-14-4-6-15(7-5-14)17-2-1-3-18(12-17)16-8-10-20-11-9-16/h1-7,12,16,20H,8-11,13,19H2. The molecule has 1 saturated heterocycles. The quantitative estimate of drug-likeness (QED) is 0.894. The van der Waals surface area contributed by atoms with E-state index in [-0.39, 0.29) is 0 Å². The van der Waals surface area contributed by atoms with Gasteiger partial charge in [-0.15, -0.1) is 0 Å². The molecule has 0 saturated carbocycles. The molecule has 0 aromatic heterocycles. The summed E-state index contributed by atoms with van der Waals surface area (Å²) in [5.41, 5.74) is 10.9. The van der Waals surface area contributed by atoms with Crippen LogP contribution < -0.4 is 11.1 Å². The molecule has 3 rings (SSSR count). The summed E-state index contributed by atoms with van der Waals surface area (Å²) in [6.07, 6.45) is 2.49. The molecule has 1 aliphatic rings. The molecule has 3 N–H and O–H groups in total. The molecule has 2 heteroatoms. The minimum absolute atomic E-state index is 0.607. The van der Waals surface area contributed by atoms with E-state index in [1.54, 1.807) is 0 Å². The van der Waals surface area contributed by atoms with Crippen molar-refractivity contribution < 1.29 is 0 Å². The molecule has 1 aliphatic heterocycles. The zero-order valence-electron chi connectivity index (χ0n) is 11.8. The second kappa shape index (κ2) is 6.21. The first-order valence-corrected chi connectivity index (χ1v) is 7.47. The van der Waals surface area contributed by atoms with Crippen molar-refractivity contribution in [3.8, 4) is 11.1 Å². The Morgan fingerprint density at radius 3 is 2.40 bits per heavy atom. The number of nitrogens with two attached hydrogens (primary N) is 1. The van der Waals surface area contributed by atoms with Crippen LogP contribution in [0.1, 0.15) is 29.9 Å². The summed E-state index contributed by atoms with van der Waals surface area (Å²) in [5.74, 6) is 0.708. The first-order valence-electron chi connectivity index (χ1n) is 7.47. The van der Waals surface area contributed by atoms with Crippen LogP contribution in [0.3, 0.4) is 0 Å². The summed E-state index contributed by atoms with van der Waals surface area (Å²) >= 11 is 0. The topological polar surface area (TPSA) is 38.0 Å². The van der Waals surface area contributed by atoms with Gasteiger partial charge in [0.1, 0.15) is 0 Å². The Bertz CT molecular complexity index is 554. The Kier molecular flexibility index (Phi) is 4.14. The van der Waals surface area contributed by atoms with Crippen molar-refractivity contribution in [3.63, 3.8) is 0 Å². The average molecular weight is 266 g/mol. The molecule has 1 heterocycles. The van der Waals surface area contributed by atoms with E-state index in [9.17, 15) is 0 Å². The van der Waals surface area contributed by atoms with Gasteiger partial charge >= 0.3 is 0 Å². The van der Waals surface area contributed by atoms with E-state index in [1.165, 1.54) is 35.1 Å². The van der Waals surface area contributed by atoms with Gasteiger partial charge in [0, 0.05) is 6.54 Å². The maximum atomic E-state index is 5.65. The van der Waals surface area contributed by atoms with Crippen molar-refractivity contribution in [2.75, 3.05) is 13.1 Å². The first kappa shape index (κ1) is 13.3. The normalized spacial score (nSPS) is 16.2. The van der Waals surface area contributed by atoms with Crippen molar-refractivity contribution in [3.05, 3.63) is 59.7 Å². The summed E-state index contributed by atoms with van der Waals surface area (Å²) < 4.78 is 0. The van der Waals surface area contributed by atoms with Gasteiger partial charge in [0.05, 0.1) is 0 Å². The number of rotatable bonds is 3. The lowest BCUT2D eigenvalue weighted by Crippen LogP contribution is -2.26. The SMILES string of the molecule is NCc1ccc(-c2cccc(C3CCNCC3)c2)cc1. The van der Waals surface area contributed by atoms with Crippen LogP contribution in [-0.2, 0) is 6.54 Å². The number of benzene rings is 2. The zero-order chi connectivity index (χ0) is 13.8. The van der Waals surface area contributed by atoms with Crippen molar-refractivity contribution in [2.24, 2.45) is 5.73 Å². The molecular weight excluding hydrogens is 244 g/mol. The molecular formula is C18H22N2. The summed E-state index contributed by atoms with van der Waals surface area (Å²) in [6, 6.07) is 17.6. The first-order chi connectivity index (χ1) is 9.86. The zero-order valence-corrected chi connectivity index (χ0v) is 11.8. The molecule has 0 aliphatic carbocycles. The summed E-state index contributed by atoms with van der Waals surface area (Å²) in [7, 11) is 0. The maximum absolute atomic E-state index is 5.65. The van der Waals surface area contributed by atoms with Crippen LogP contribution in [0.2, 0.25) is 0 Å². The fourth-order valence-electron chi connectivity index (χ4n) is 2.96. The molecule has 0 amide bonds. The molecule has 20 heavy (non-hydrogen) atoms. The molecule has 2 aromatic carbocycles. The number of hydrogen-bond donors (Lipinski definition) is 2. The lowest BCUT2D eigenvalue weighted by Gasteiger charge is -2.23. The Balaban J connectivity index is 1.85. The van der Waals surface area contributed by atoms with Crippen LogP contribution in [0.4, 0.5) is 0 Å². The summed E-state index contributed by atoms with van der Waals surface area (Å²) in [5, 5.41) is 3.43. The van der Waals surface area contributed by atoms with Gasteiger partial charge in [0.25, 0.3) is 0 Å². The Morgan fingerprint density at radius 1 is 0.950 bits per heavy atom. The van der Waals surface area contributed by atoms with E-state index in [4.69, 9.17) is 5.73 Å². The largest absolute Gasteiger partial charge is 0.326 e. The molecule has 2 nitrogen and oxygen atoms in total. The van der Waals surface area contributed by atoms with Crippen LogP contribution in [0.25, 0.3) is 11.1 Å². The molecule has 0 unspecified atom stereocenters. The highest BCUT2D eigenvalue weighted by atomic mass is 14.9. The average Bonchev–Trinajstić information content (AvgIpc) is 2.56. The van der Waals surface area contributed by atoms with E-state index in [1.807, 2.05) is 0 Å². The highest BCUT2D eigenvalue weighted by molar-refractivity contribution is 5.64. The molecule has 0 bridgehead atoms. The third-order valence-electron chi connectivity index (χ3n) is 4.22. The van der Waals surface area contributed by atoms with Gasteiger partial charge < -0.3 is 11.1 Å². The van der Waals surface area contributed by atoms with E-state index < -0.39 is 0 Å². The Morgan fingerprint density at radius 2 is 1.70 bits per heavy atom. The van der Waals surface area contributed by atoms with Gasteiger partial charge in [-0.05, 0) is 54.1 Å². The van der Waals surface area contributed by atoms with Crippen molar-refractivity contribution in [2.45, 2.75) is 25.3 Å². The molecule has 1 fully saturated rings. The van der Waals surface area contributed by atoms with E-state index in [0.29, 0.717) is 12.5 Å². The highest BCUT2D eigenvalue weighted by Crippen LogP contribution is 2.29. The highest BCUT2D eigenvalue weighted by Gasteiger charge is 2.15. The van der Waals surface area contributed by atoms with Gasteiger partial charge in [0.2, 0.25) is 0 Å². The molecule has 0 spiro atoms. The van der Waals surface area contributed by atoms with E-state index in [0.717, 1.165) is 13.1 Å². The predicted molar refractivity (Wildman–Crippen MR) is 84.6 cm³/mol. The predicted octanol–water partition coefficient (Wildman–Crippen LogP) is 3.28. The number of hydrogen-bond acceptors (Lipinski definition) is 2.